The first kappa shape index (κ1) is 8.02. The molecule has 0 saturated heterocycles. The summed E-state index contributed by atoms with van der Waals surface area (Å²) in [6.45, 7) is 0. The molecule has 0 aromatic carbocycles. The van der Waals surface area contributed by atoms with E-state index in [1.807, 2.05) is 0 Å². The second kappa shape index (κ2) is 3.96. The fraction of sp³-hybridized carbons (Fsp3) is 0. The third-order valence-electron chi connectivity index (χ3n) is 0.576. The summed E-state index contributed by atoms with van der Waals surface area (Å²) in [6, 6.07) is 5.19. The van der Waals surface area contributed by atoms with Gasteiger partial charge in [-0.2, -0.15) is 12.1 Å². The van der Waals surface area contributed by atoms with E-state index >= 15 is 0 Å². The average molecular weight is 163 g/mol. The summed E-state index contributed by atoms with van der Waals surface area (Å²) in [5, 5.41) is 0.488. The van der Waals surface area contributed by atoms with Crippen LogP contribution in [0.1, 0.15) is 0 Å². The molecular formula is C5H3ClNV-. The van der Waals surface area contributed by atoms with Crippen LogP contribution in [0.2, 0.25) is 5.15 Å². The van der Waals surface area contributed by atoms with Crippen molar-refractivity contribution < 1.29 is 18.6 Å². The van der Waals surface area contributed by atoms with Crippen LogP contribution < -0.4 is 0 Å². The van der Waals surface area contributed by atoms with Gasteiger partial charge in [0.15, 0.2) is 0 Å². The van der Waals surface area contributed by atoms with Gasteiger partial charge in [0, 0.05) is 23.7 Å². The number of nitrogens with zero attached hydrogens (tertiary/aromatic N) is 1. The van der Waals surface area contributed by atoms with Gasteiger partial charge in [-0.05, 0) is 0 Å². The summed E-state index contributed by atoms with van der Waals surface area (Å²) in [5.41, 5.74) is 0. The van der Waals surface area contributed by atoms with E-state index in [0.29, 0.717) is 5.15 Å². The molecule has 41 valence electrons. The Bertz CT molecular complexity index is 142. The molecule has 0 aliphatic rings. The molecule has 3 heteroatoms. The maximum absolute atomic E-state index is 5.40. The van der Waals surface area contributed by atoms with Crippen molar-refractivity contribution in [3.63, 3.8) is 0 Å². The van der Waals surface area contributed by atoms with Crippen molar-refractivity contribution in [1.82, 2.24) is 4.98 Å². The molecule has 0 spiro atoms. The van der Waals surface area contributed by atoms with E-state index < -0.39 is 0 Å². The monoisotopic (exact) mass is 163 g/mol. The number of hydrogen-bond donors (Lipinski definition) is 0. The number of halogens is 1. The number of aromatic nitrogens is 1. The van der Waals surface area contributed by atoms with Gasteiger partial charge >= 0.3 is 0 Å². The molecule has 1 heterocycles. The topological polar surface area (TPSA) is 12.9 Å². The zero-order valence-electron chi connectivity index (χ0n) is 4.00. The maximum atomic E-state index is 5.40. The van der Waals surface area contributed by atoms with Crippen molar-refractivity contribution in [3.8, 4) is 0 Å². The molecule has 1 nitrogen and oxygen atoms in total. The molecule has 0 N–H and O–H groups in total. The predicted octanol–water partition coefficient (Wildman–Crippen LogP) is 1.53. The Balaban J connectivity index is 0.000000490. The molecule has 8 heavy (non-hydrogen) atoms. The minimum atomic E-state index is 0. The van der Waals surface area contributed by atoms with Crippen molar-refractivity contribution >= 4 is 11.6 Å². The van der Waals surface area contributed by atoms with Crippen LogP contribution in [0.4, 0.5) is 0 Å². The largest absolute Gasteiger partial charge is 0.376 e. The maximum Gasteiger partial charge on any atom is 0.0142 e. The Kier molecular flexibility index (Phi) is 3.97. The van der Waals surface area contributed by atoms with Crippen molar-refractivity contribution in [2.24, 2.45) is 0 Å². The zero-order valence-corrected chi connectivity index (χ0v) is 6.16. The molecule has 1 aromatic heterocycles. The fourth-order valence-electron chi connectivity index (χ4n) is 0.307. The fourth-order valence-corrected chi connectivity index (χ4v) is 0.428. The van der Waals surface area contributed by atoms with Crippen molar-refractivity contribution in [2.45, 2.75) is 0 Å². The number of rotatable bonds is 0. The van der Waals surface area contributed by atoms with Crippen LogP contribution in [-0.2, 0) is 18.6 Å². The van der Waals surface area contributed by atoms with Gasteiger partial charge in [-0.15, -0.1) is 17.7 Å². The molecule has 1 aromatic rings. The minimum absolute atomic E-state index is 0. The van der Waals surface area contributed by atoms with Gasteiger partial charge in [-0.1, -0.05) is 6.20 Å². The van der Waals surface area contributed by atoms with E-state index in [4.69, 9.17) is 11.6 Å². The Labute approximate surface area is 65.0 Å². The second-order valence-corrected chi connectivity index (χ2v) is 1.48. The van der Waals surface area contributed by atoms with E-state index in [-0.39, 0.29) is 18.6 Å². The first-order valence-corrected chi connectivity index (χ1v) is 2.26. The summed E-state index contributed by atoms with van der Waals surface area (Å²) in [6.07, 6.45) is 2.58. The molecule has 1 radical (unpaired) electrons. The smallest absolute Gasteiger partial charge is 0.0142 e. The molecule has 0 saturated carbocycles. The second-order valence-electron chi connectivity index (χ2n) is 1.09. The molecule has 0 amide bonds. The summed E-state index contributed by atoms with van der Waals surface area (Å²) < 4.78 is 0. The Morgan fingerprint density at radius 2 is 2.38 bits per heavy atom. The first-order valence-electron chi connectivity index (χ1n) is 1.88. The average Bonchev–Trinajstić information content (AvgIpc) is 1.69. The quantitative estimate of drug-likeness (QED) is 0.418. The van der Waals surface area contributed by atoms with Crippen LogP contribution in [0.3, 0.4) is 0 Å². The summed E-state index contributed by atoms with van der Waals surface area (Å²) in [7, 11) is 0. The van der Waals surface area contributed by atoms with E-state index in [1.165, 1.54) is 0 Å². The molecule has 0 aliphatic carbocycles. The van der Waals surface area contributed by atoms with Crippen LogP contribution in [-0.4, -0.2) is 4.98 Å². The van der Waals surface area contributed by atoms with Crippen LogP contribution >= 0.6 is 11.6 Å². The van der Waals surface area contributed by atoms with Gasteiger partial charge in [0.05, 0.1) is 0 Å². The molecule has 0 bridgehead atoms. The minimum Gasteiger partial charge on any atom is -0.376 e. The SMILES string of the molecule is Clc1ccc[c-]n1.[V]. The van der Waals surface area contributed by atoms with Crippen LogP contribution in [0.15, 0.2) is 18.2 Å². The van der Waals surface area contributed by atoms with Crippen LogP contribution in [0.25, 0.3) is 0 Å². The van der Waals surface area contributed by atoms with Crippen molar-refractivity contribution in [3.05, 3.63) is 29.5 Å². The summed E-state index contributed by atoms with van der Waals surface area (Å²) in [5.74, 6) is 0. The summed E-state index contributed by atoms with van der Waals surface area (Å²) >= 11 is 5.40. The van der Waals surface area contributed by atoms with Crippen molar-refractivity contribution in [1.29, 1.82) is 0 Å². The van der Waals surface area contributed by atoms with Gasteiger partial charge in [-0.25, -0.2) is 0 Å². The van der Waals surface area contributed by atoms with E-state index in [0.717, 1.165) is 0 Å². The number of hydrogen-bond acceptors (Lipinski definition) is 1. The van der Waals surface area contributed by atoms with Gasteiger partial charge in [0.2, 0.25) is 0 Å². The van der Waals surface area contributed by atoms with Gasteiger partial charge < -0.3 is 4.98 Å². The van der Waals surface area contributed by atoms with Crippen LogP contribution in [0, 0.1) is 6.20 Å². The Hall–Kier alpha value is 0.0244. The first-order chi connectivity index (χ1) is 3.39. The van der Waals surface area contributed by atoms with E-state index in [2.05, 4.69) is 11.2 Å². The normalized spacial score (nSPS) is 7.62. The van der Waals surface area contributed by atoms with Crippen molar-refractivity contribution in [2.75, 3.05) is 0 Å². The molecule has 0 atom stereocenters. The Morgan fingerprint density at radius 1 is 1.62 bits per heavy atom. The third kappa shape index (κ3) is 2.36. The number of pyridine rings is 1. The molecule has 0 unspecified atom stereocenters. The van der Waals surface area contributed by atoms with E-state index in [9.17, 15) is 0 Å². The van der Waals surface area contributed by atoms with Gasteiger partial charge in [0.1, 0.15) is 0 Å². The molecule has 1 rings (SSSR count). The zero-order chi connectivity index (χ0) is 5.11. The van der Waals surface area contributed by atoms with E-state index in [1.54, 1.807) is 18.2 Å². The molecular weight excluding hydrogens is 160 g/mol. The predicted molar refractivity (Wildman–Crippen MR) is 28.1 cm³/mol. The van der Waals surface area contributed by atoms with Gasteiger partial charge in [-0.3, -0.25) is 0 Å². The third-order valence-corrected chi connectivity index (χ3v) is 0.786. The Morgan fingerprint density at radius 3 is 2.62 bits per heavy atom. The summed E-state index contributed by atoms with van der Waals surface area (Å²) in [4.78, 5) is 3.62. The molecule has 0 fully saturated rings. The van der Waals surface area contributed by atoms with Crippen LogP contribution in [0.5, 0.6) is 0 Å². The van der Waals surface area contributed by atoms with Gasteiger partial charge in [0.25, 0.3) is 0 Å². The standard InChI is InChI=1S/C5H3ClN.V/c6-5-3-1-2-4-7-5;/h1-3H;/q-1;. The molecule has 0 aliphatic heterocycles.